The van der Waals surface area contributed by atoms with Gasteiger partial charge in [0.25, 0.3) is 0 Å². The molecule has 0 atom stereocenters. The summed E-state index contributed by atoms with van der Waals surface area (Å²) in [6.07, 6.45) is 2.36. The Morgan fingerprint density at radius 3 is 2.77 bits per heavy atom. The van der Waals surface area contributed by atoms with Crippen molar-refractivity contribution in [1.82, 2.24) is 0 Å². The zero-order chi connectivity index (χ0) is 9.52. The second kappa shape index (κ2) is 5.60. The molecule has 72 valence electrons. The number of hydrogen-bond donors (Lipinski definition) is 2. The van der Waals surface area contributed by atoms with E-state index >= 15 is 0 Å². The molecule has 0 unspecified atom stereocenters. The summed E-state index contributed by atoms with van der Waals surface area (Å²) >= 11 is 0. The molecule has 0 aliphatic rings. The number of anilines is 1. The predicted octanol–water partition coefficient (Wildman–Crippen LogP) is 2.39. The largest absolute Gasteiger partial charge is 0.392 e. The summed E-state index contributed by atoms with van der Waals surface area (Å²) in [5.41, 5.74) is 2.03. The third-order valence-electron chi connectivity index (χ3n) is 2.03. The molecule has 0 heterocycles. The summed E-state index contributed by atoms with van der Waals surface area (Å²) in [7, 11) is 0. The molecule has 0 bridgehead atoms. The molecule has 13 heavy (non-hydrogen) atoms. The molecule has 0 radical (unpaired) electrons. The summed E-state index contributed by atoms with van der Waals surface area (Å²) in [4.78, 5) is 0. The molecule has 0 amide bonds. The molecule has 0 saturated heterocycles. The van der Waals surface area contributed by atoms with Crippen molar-refractivity contribution in [3.63, 3.8) is 0 Å². The average molecular weight is 179 g/mol. The number of nitrogens with one attached hydrogen (secondary N) is 1. The highest BCUT2D eigenvalue weighted by Gasteiger charge is 1.97. The molecule has 0 saturated carbocycles. The van der Waals surface area contributed by atoms with E-state index < -0.39 is 0 Å². The molecule has 2 nitrogen and oxygen atoms in total. The quantitative estimate of drug-likeness (QED) is 0.680. The van der Waals surface area contributed by atoms with E-state index in [1.807, 2.05) is 24.3 Å². The fourth-order valence-corrected chi connectivity index (χ4v) is 1.23. The first-order valence-electron chi connectivity index (χ1n) is 4.81. The summed E-state index contributed by atoms with van der Waals surface area (Å²) in [6.45, 7) is 3.25. The van der Waals surface area contributed by atoms with Gasteiger partial charge in [0.1, 0.15) is 0 Å². The van der Waals surface area contributed by atoms with Crippen molar-refractivity contribution in [2.45, 2.75) is 26.4 Å². The normalized spacial score (nSPS) is 10.0. The van der Waals surface area contributed by atoms with Crippen LogP contribution in [-0.4, -0.2) is 11.7 Å². The van der Waals surface area contributed by atoms with Crippen molar-refractivity contribution in [1.29, 1.82) is 0 Å². The highest BCUT2D eigenvalue weighted by Crippen LogP contribution is 2.14. The molecule has 2 N–H and O–H groups in total. The highest BCUT2D eigenvalue weighted by molar-refractivity contribution is 5.50. The lowest BCUT2D eigenvalue weighted by Gasteiger charge is -2.09. The van der Waals surface area contributed by atoms with E-state index in [0.717, 1.165) is 17.8 Å². The molecular formula is C11H17NO. The summed E-state index contributed by atoms with van der Waals surface area (Å²) in [5.74, 6) is 0. The van der Waals surface area contributed by atoms with Gasteiger partial charge in [-0.15, -0.1) is 0 Å². The Morgan fingerprint density at radius 2 is 2.08 bits per heavy atom. The number of unbranched alkanes of at least 4 members (excludes halogenated alkanes) is 1. The molecule has 0 aliphatic heterocycles. The third kappa shape index (κ3) is 3.07. The van der Waals surface area contributed by atoms with Gasteiger partial charge in [-0.1, -0.05) is 31.5 Å². The molecular weight excluding hydrogens is 162 g/mol. The molecule has 0 spiro atoms. The van der Waals surface area contributed by atoms with Crippen LogP contribution in [-0.2, 0) is 6.61 Å². The van der Waals surface area contributed by atoms with E-state index in [-0.39, 0.29) is 6.61 Å². The first-order valence-corrected chi connectivity index (χ1v) is 4.81. The monoisotopic (exact) mass is 179 g/mol. The molecule has 1 aromatic rings. The van der Waals surface area contributed by atoms with Gasteiger partial charge in [-0.3, -0.25) is 0 Å². The molecule has 2 heteroatoms. The lowest BCUT2D eigenvalue weighted by atomic mass is 10.2. The van der Waals surface area contributed by atoms with Crippen LogP contribution in [0.15, 0.2) is 24.3 Å². The minimum absolute atomic E-state index is 0.106. The predicted molar refractivity (Wildman–Crippen MR) is 55.8 cm³/mol. The number of para-hydroxylation sites is 1. The van der Waals surface area contributed by atoms with Gasteiger partial charge in [-0.2, -0.15) is 0 Å². The van der Waals surface area contributed by atoms with Gasteiger partial charge < -0.3 is 10.4 Å². The number of aliphatic hydroxyl groups is 1. The van der Waals surface area contributed by atoms with Crippen molar-refractivity contribution >= 4 is 5.69 Å². The number of hydrogen-bond acceptors (Lipinski definition) is 2. The van der Waals surface area contributed by atoms with Crippen molar-refractivity contribution in [3.8, 4) is 0 Å². The fourth-order valence-electron chi connectivity index (χ4n) is 1.23. The Hall–Kier alpha value is -1.02. The topological polar surface area (TPSA) is 32.3 Å². The van der Waals surface area contributed by atoms with Crippen LogP contribution in [0.1, 0.15) is 25.3 Å². The van der Waals surface area contributed by atoms with Crippen LogP contribution in [0.3, 0.4) is 0 Å². The molecule has 1 rings (SSSR count). The minimum atomic E-state index is 0.106. The Balaban J connectivity index is 2.54. The first kappa shape index (κ1) is 10.1. The van der Waals surface area contributed by atoms with Gasteiger partial charge in [-0.05, 0) is 12.5 Å². The van der Waals surface area contributed by atoms with Crippen LogP contribution in [0.5, 0.6) is 0 Å². The SMILES string of the molecule is CCCCNc1ccccc1CO. The second-order valence-corrected chi connectivity index (χ2v) is 3.10. The van der Waals surface area contributed by atoms with E-state index in [4.69, 9.17) is 5.11 Å². The van der Waals surface area contributed by atoms with Crippen molar-refractivity contribution in [2.75, 3.05) is 11.9 Å². The first-order chi connectivity index (χ1) is 6.38. The molecule has 1 aromatic carbocycles. The van der Waals surface area contributed by atoms with E-state index in [2.05, 4.69) is 12.2 Å². The summed E-state index contributed by atoms with van der Waals surface area (Å²) in [5, 5.41) is 12.3. The highest BCUT2D eigenvalue weighted by atomic mass is 16.3. The number of benzene rings is 1. The standard InChI is InChI=1S/C11H17NO/c1-2-3-8-12-11-7-5-4-6-10(11)9-13/h4-7,12-13H,2-3,8-9H2,1H3. The lowest BCUT2D eigenvalue weighted by molar-refractivity contribution is 0.282. The van der Waals surface area contributed by atoms with Gasteiger partial charge in [-0.25, -0.2) is 0 Å². The Bertz CT molecular complexity index is 248. The smallest absolute Gasteiger partial charge is 0.0701 e. The van der Waals surface area contributed by atoms with E-state index in [0.29, 0.717) is 0 Å². The van der Waals surface area contributed by atoms with Gasteiger partial charge in [0.2, 0.25) is 0 Å². The summed E-state index contributed by atoms with van der Waals surface area (Å²) < 4.78 is 0. The minimum Gasteiger partial charge on any atom is -0.392 e. The number of rotatable bonds is 5. The van der Waals surface area contributed by atoms with Crippen LogP contribution in [0, 0.1) is 0 Å². The maximum atomic E-state index is 9.03. The molecule has 0 aliphatic carbocycles. The number of aliphatic hydroxyl groups excluding tert-OH is 1. The van der Waals surface area contributed by atoms with Crippen molar-refractivity contribution in [3.05, 3.63) is 29.8 Å². The zero-order valence-corrected chi connectivity index (χ0v) is 8.09. The average Bonchev–Trinajstić information content (AvgIpc) is 2.19. The van der Waals surface area contributed by atoms with Crippen molar-refractivity contribution < 1.29 is 5.11 Å². The van der Waals surface area contributed by atoms with Crippen LogP contribution < -0.4 is 5.32 Å². The third-order valence-corrected chi connectivity index (χ3v) is 2.03. The lowest BCUT2D eigenvalue weighted by Crippen LogP contribution is -2.03. The maximum Gasteiger partial charge on any atom is 0.0701 e. The van der Waals surface area contributed by atoms with Crippen LogP contribution in [0.2, 0.25) is 0 Å². The van der Waals surface area contributed by atoms with E-state index in [1.165, 1.54) is 12.8 Å². The second-order valence-electron chi connectivity index (χ2n) is 3.10. The van der Waals surface area contributed by atoms with E-state index in [9.17, 15) is 0 Å². The summed E-state index contributed by atoms with van der Waals surface area (Å²) in [6, 6.07) is 7.86. The molecule has 0 aromatic heterocycles. The van der Waals surface area contributed by atoms with E-state index in [1.54, 1.807) is 0 Å². The van der Waals surface area contributed by atoms with Gasteiger partial charge in [0.05, 0.1) is 6.61 Å². The maximum absolute atomic E-state index is 9.03. The van der Waals surface area contributed by atoms with Gasteiger partial charge in [0, 0.05) is 17.8 Å². The van der Waals surface area contributed by atoms with Crippen LogP contribution in [0.4, 0.5) is 5.69 Å². The zero-order valence-electron chi connectivity index (χ0n) is 8.09. The van der Waals surface area contributed by atoms with Gasteiger partial charge >= 0.3 is 0 Å². The Kier molecular flexibility index (Phi) is 4.33. The fraction of sp³-hybridized carbons (Fsp3) is 0.455. The Labute approximate surface area is 79.6 Å². The van der Waals surface area contributed by atoms with Crippen LogP contribution >= 0.6 is 0 Å². The van der Waals surface area contributed by atoms with Crippen LogP contribution in [0.25, 0.3) is 0 Å². The Morgan fingerprint density at radius 1 is 1.31 bits per heavy atom. The molecule has 0 fully saturated rings. The van der Waals surface area contributed by atoms with Crippen molar-refractivity contribution in [2.24, 2.45) is 0 Å². The van der Waals surface area contributed by atoms with Gasteiger partial charge in [0.15, 0.2) is 0 Å².